The molecule has 0 bridgehead atoms. The first-order chi connectivity index (χ1) is 25.7. The first-order valence-electron chi connectivity index (χ1n) is 16.8. The third-order valence-corrected chi connectivity index (χ3v) is 10.1. The molecule has 3 N–H and O–H groups in total. The van der Waals surface area contributed by atoms with Gasteiger partial charge in [-0.15, -0.1) is 12.6 Å². The Hall–Kier alpha value is -5.37. The number of oxazole rings is 1. The number of nitrogens with zero attached hydrogens (tertiary/aromatic N) is 7. The van der Waals surface area contributed by atoms with E-state index in [0.717, 1.165) is 18.0 Å². The molecule has 54 heavy (non-hydrogen) atoms. The summed E-state index contributed by atoms with van der Waals surface area (Å²) < 4.78 is 77.1. The van der Waals surface area contributed by atoms with Crippen LogP contribution >= 0.6 is 12.6 Å². The van der Waals surface area contributed by atoms with Gasteiger partial charge >= 0.3 is 6.18 Å². The van der Waals surface area contributed by atoms with Crippen molar-refractivity contribution in [2.75, 3.05) is 24.5 Å². The Balaban J connectivity index is 1.06. The van der Waals surface area contributed by atoms with Gasteiger partial charge in [0.1, 0.15) is 30.0 Å². The maximum absolute atomic E-state index is 14.4. The molecule has 6 heterocycles. The van der Waals surface area contributed by atoms with Crippen LogP contribution in [0.25, 0.3) is 11.5 Å². The standard InChI is InChI=1S/C34H32F5N9O5S/c35-28(36)27-24(46(16-34(37,38)39)25-12-18(5-8-41-25)31-42-22(15-53-31)29(40)50)14-47(44-27)19-6-9-45(10-7-19)13-17-1-2-20-21(11-17)33(54)48(32(20)52)23-3-4-26(49)43-30(23)51/h1-2,5,8,11-12,14-15,19,23,28,33,54H,3-4,6-7,9-10,13,16H2,(H2,40,50)(H,43,49,51). The number of piperidine rings is 2. The van der Waals surface area contributed by atoms with E-state index in [-0.39, 0.29) is 47.6 Å². The van der Waals surface area contributed by atoms with Crippen LogP contribution in [0.15, 0.2) is 53.4 Å². The van der Waals surface area contributed by atoms with Crippen LogP contribution in [0.4, 0.5) is 33.5 Å². The van der Waals surface area contributed by atoms with E-state index in [2.05, 4.69) is 37.9 Å². The summed E-state index contributed by atoms with van der Waals surface area (Å²) in [5.41, 5.74) is 5.75. The van der Waals surface area contributed by atoms with E-state index in [1.165, 1.54) is 27.9 Å². The second-order valence-electron chi connectivity index (χ2n) is 13.2. The number of hydrogen-bond acceptors (Lipinski definition) is 11. The quantitative estimate of drug-likeness (QED) is 0.117. The Morgan fingerprint density at radius 1 is 1.11 bits per heavy atom. The molecule has 0 spiro atoms. The number of nitrogens with two attached hydrogens (primary N) is 1. The molecule has 0 aliphatic carbocycles. The van der Waals surface area contributed by atoms with Crippen LogP contribution < -0.4 is 16.0 Å². The van der Waals surface area contributed by atoms with E-state index in [0.29, 0.717) is 48.5 Å². The number of amides is 4. The molecule has 3 aliphatic heterocycles. The molecule has 2 atom stereocenters. The highest BCUT2D eigenvalue weighted by atomic mass is 32.1. The van der Waals surface area contributed by atoms with Gasteiger partial charge in [-0.2, -0.15) is 18.3 Å². The number of imide groups is 1. The Bertz CT molecular complexity index is 2120. The molecule has 14 nitrogen and oxygen atoms in total. The van der Waals surface area contributed by atoms with Crippen molar-refractivity contribution in [3.63, 3.8) is 0 Å². The monoisotopic (exact) mass is 773 g/mol. The van der Waals surface area contributed by atoms with Crippen LogP contribution in [-0.2, 0) is 16.1 Å². The minimum Gasteiger partial charge on any atom is -0.444 e. The van der Waals surface area contributed by atoms with Gasteiger partial charge in [-0.3, -0.25) is 34.1 Å². The maximum atomic E-state index is 14.4. The number of likely N-dealkylation sites (tertiary alicyclic amines) is 1. The number of rotatable bonds is 10. The first-order valence-corrected chi connectivity index (χ1v) is 17.3. The average Bonchev–Trinajstić information content (AvgIpc) is 3.86. The van der Waals surface area contributed by atoms with Crippen LogP contribution in [-0.4, -0.2) is 85.0 Å². The third kappa shape index (κ3) is 7.39. The van der Waals surface area contributed by atoms with E-state index in [9.17, 15) is 41.1 Å². The minimum atomic E-state index is -4.83. The molecule has 2 saturated heterocycles. The maximum Gasteiger partial charge on any atom is 0.406 e. The lowest BCUT2D eigenvalue weighted by Crippen LogP contribution is -2.53. The molecule has 3 aliphatic rings. The number of benzene rings is 1. The summed E-state index contributed by atoms with van der Waals surface area (Å²) in [7, 11) is 0. The molecule has 2 fully saturated rings. The van der Waals surface area contributed by atoms with Crippen molar-refractivity contribution in [1.29, 1.82) is 0 Å². The molecule has 0 radical (unpaired) electrons. The predicted molar refractivity (Wildman–Crippen MR) is 183 cm³/mol. The van der Waals surface area contributed by atoms with Gasteiger partial charge in [0, 0.05) is 49.6 Å². The average molecular weight is 774 g/mol. The number of halogens is 5. The number of nitrogens with one attached hydrogen (secondary N) is 1. The normalized spacial score (nSPS) is 19.8. The summed E-state index contributed by atoms with van der Waals surface area (Å²) in [5, 5.41) is 5.65. The Morgan fingerprint density at radius 3 is 2.54 bits per heavy atom. The van der Waals surface area contributed by atoms with Gasteiger partial charge in [0.25, 0.3) is 18.2 Å². The zero-order chi connectivity index (χ0) is 38.5. The smallest absolute Gasteiger partial charge is 0.406 e. The fraction of sp³-hybridized carbons (Fsp3) is 0.382. The molecule has 4 aromatic rings. The summed E-state index contributed by atoms with van der Waals surface area (Å²) in [5.74, 6) is -2.63. The topological polar surface area (TPSA) is 173 Å². The molecule has 7 rings (SSSR count). The summed E-state index contributed by atoms with van der Waals surface area (Å²) in [4.78, 5) is 60.9. The highest BCUT2D eigenvalue weighted by Crippen LogP contribution is 2.41. The largest absolute Gasteiger partial charge is 0.444 e. The van der Waals surface area contributed by atoms with E-state index < -0.39 is 59.8 Å². The molecular formula is C34H32F5N9O5S. The number of anilines is 2. The van der Waals surface area contributed by atoms with Crippen molar-refractivity contribution < 1.29 is 45.5 Å². The van der Waals surface area contributed by atoms with Crippen LogP contribution in [0, 0.1) is 0 Å². The number of aromatic nitrogens is 4. The van der Waals surface area contributed by atoms with Crippen LogP contribution in [0.3, 0.4) is 0 Å². The number of carbonyl (C=O) groups is 4. The predicted octanol–water partition coefficient (Wildman–Crippen LogP) is 4.70. The first kappa shape index (κ1) is 37.0. The summed E-state index contributed by atoms with van der Waals surface area (Å²) in [6.07, 6.45) is -3.49. The van der Waals surface area contributed by atoms with E-state index in [4.69, 9.17) is 10.2 Å². The Kier molecular flexibility index (Phi) is 9.90. The van der Waals surface area contributed by atoms with Crippen molar-refractivity contribution in [3.8, 4) is 11.5 Å². The molecular weight excluding hydrogens is 741 g/mol. The van der Waals surface area contributed by atoms with Gasteiger partial charge in [-0.05, 0) is 48.6 Å². The van der Waals surface area contributed by atoms with Gasteiger partial charge in [-0.25, -0.2) is 18.7 Å². The van der Waals surface area contributed by atoms with Gasteiger partial charge in [0.2, 0.25) is 17.7 Å². The van der Waals surface area contributed by atoms with E-state index >= 15 is 0 Å². The van der Waals surface area contributed by atoms with Crippen LogP contribution in [0.5, 0.6) is 0 Å². The molecule has 4 amide bonds. The summed E-state index contributed by atoms with van der Waals surface area (Å²) >= 11 is 4.65. The lowest BCUT2D eigenvalue weighted by molar-refractivity contribution is -0.137. The third-order valence-electron chi connectivity index (χ3n) is 9.61. The zero-order valence-electron chi connectivity index (χ0n) is 28.2. The van der Waals surface area contributed by atoms with E-state index in [1.807, 2.05) is 12.1 Å². The number of alkyl halides is 5. The minimum absolute atomic E-state index is 0.115. The number of pyridine rings is 1. The van der Waals surface area contributed by atoms with Crippen LogP contribution in [0.2, 0.25) is 0 Å². The lowest BCUT2D eigenvalue weighted by atomic mass is 10.0. The number of thiol groups is 1. The molecule has 0 saturated carbocycles. The second-order valence-corrected chi connectivity index (χ2v) is 13.7. The molecule has 3 aromatic heterocycles. The molecule has 1 aromatic carbocycles. The highest BCUT2D eigenvalue weighted by molar-refractivity contribution is 7.80. The van der Waals surface area contributed by atoms with Crippen molar-refractivity contribution in [2.24, 2.45) is 5.73 Å². The van der Waals surface area contributed by atoms with Crippen molar-refractivity contribution >= 4 is 47.8 Å². The number of primary amides is 1. The number of carbonyl (C=O) groups excluding carboxylic acids is 4. The van der Waals surface area contributed by atoms with Crippen molar-refractivity contribution in [3.05, 3.63) is 77.1 Å². The lowest BCUT2D eigenvalue weighted by Gasteiger charge is -2.32. The summed E-state index contributed by atoms with van der Waals surface area (Å²) in [6, 6.07) is 6.67. The second kappa shape index (κ2) is 14.5. The highest BCUT2D eigenvalue weighted by Gasteiger charge is 2.44. The van der Waals surface area contributed by atoms with Gasteiger partial charge in [-0.1, -0.05) is 12.1 Å². The number of fused-ring (bicyclic) bond motifs is 1. The van der Waals surface area contributed by atoms with Gasteiger partial charge < -0.3 is 20.0 Å². The molecule has 2 unspecified atom stereocenters. The summed E-state index contributed by atoms with van der Waals surface area (Å²) in [6.45, 7) is -0.166. The van der Waals surface area contributed by atoms with Gasteiger partial charge in [0.05, 0.1) is 11.7 Å². The SMILES string of the molecule is NC(=O)c1coc(-c2ccnc(N(CC(F)(F)F)c3cn(C4CCN(Cc5ccc6c(c5)C(S)N(C5CCC(=O)NC5=O)C6=O)CC4)nc3C(F)F)c2)n1. The van der Waals surface area contributed by atoms with Gasteiger partial charge in [0.15, 0.2) is 11.4 Å². The molecule has 20 heteroatoms. The zero-order valence-corrected chi connectivity index (χ0v) is 29.1. The Labute approximate surface area is 308 Å². The van der Waals surface area contributed by atoms with Crippen LogP contribution in [0.1, 0.15) is 81.2 Å². The Morgan fingerprint density at radius 2 is 1.87 bits per heavy atom. The van der Waals surface area contributed by atoms with Crippen molar-refractivity contribution in [1.82, 2.24) is 34.9 Å². The molecule has 284 valence electrons. The number of hydrogen-bond donors (Lipinski definition) is 3. The fourth-order valence-electron chi connectivity index (χ4n) is 7.01. The fourth-order valence-corrected chi connectivity index (χ4v) is 7.49. The van der Waals surface area contributed by atoms with E-state index in [1.54, 1.807) is 6.07 Å². The van der Waals surface area contributed by atoms with Crippen molar-refractivity contribution in [2.45, 2.75) is 62.3 Å².